The monoisotopic (exact) mass is 299 g/mol. The SMILES string of the molecule is CCCCCCCCCCCCCC(C)(C)NCC(=O)O. The van der Waals surface area contributed by atoms with Crippen molar-refractivity contribution in [2.75, 3.05) is 6.54 Å². The van der Waals surface area contributed by atoms with Crippen molar-refractivity contribution in [3.05, 3.63) is 0 Å². The topological polar surface area (TPSA) is 49.3 Å². The summed E-state index contributed by atoms with van der Waals surface area (Å²) in [7, 11) is 0. The van der Waals surface area contributed by atoms with Crippen LogP contribution in [0.15, 0.2) is 0 Å². The molecule has 0 aromatic rings. The standard InChI is InChI=1S/C18H37NO2/c1-4-5-6-7-8-9-10-11-12-13-14-15-18(2,3)19-16-17(20)21/h19H,4-16H2,1-3H3,(H,20,21). The summed E-state index contributed by atoms with van der Waals surface area (Å²) in [5.74, 6) is -0.776. The van der Waals surface area contributed by atoms with Crippen LogP contribution in [0.3, 0.4) is 0 Å². The molecule has 2 N–H and O–H groups in total. The fourth-order valence-electron chi connectivity index (χ4n) is 2.63. The first-order valence-electron chi connectivity index (χ1n) is 8.95. The maximum Gasteiger partial charge on any atom is 0.317 e. The average Bonchev–Trinajstić information content (AvgIpc) is 2.43. The molecule has 0 fully saturated rings. The molecule has 126 valence electrons. The van der Waals surface area contributed by atoms with Crippen molar-refractivity contribution in [2.24, 2.45) is 0 Å². The highest BCUT2D eigenvalue weighted by atomic mass is 16.4. The fraction of sp³-hybridized carbons (Fsp3) is 0.944. The number of carbonyl (C=O) groups is 1. The van der Waals surface area contributed by atoms with Gasteiger partial charge in [-0.3, -0.25) is 4.79 Å². The minimum Gasteiger partial charge on any atom is -0.480 e. The summed E-state index contributed by atoms with van der Waals surface area (Å²) >= 11 is 0. The molecular weight excluding hydrogens is 262 g/mol. The summed E-state index contributed by atoms with van der Waals surface area (Å²) < 4.78 is 0. The van der Waals surface area contributed by atoms with E-state index in [-0.39, 0.29) is 12.1 Å². The number of nitrogens with one attached hydrogen (secondary N) is 1. The van der Waals surface area contributed by atoms with Gasteiger partial charge in [0.15, 0.2) is 0 Å². The number of unbranched alkanes of at least 4 members (excludes halogenated alkanes) is 10. The van der Waals surface area contributed by atoms with Crippen LogP contribution in [0.1, 0.15) is 97.8 Å². The molecule has 0 amide bonds. The van der Waals surface area contributed by atoms with E-state index in [0.29, 0.717) is 0 Å². The summed E-state index contributed by atoms with van der Waals surface area (Å²) in [5, 5.41) is 11.8. The lowest BCUT2D eigenvalue weighted by molar-refractivity contribution is -0.136. The molecule has 0 spiro atoms. The van der Waals surface area contributed by atoms with E-state index in [4.69, 9.17) is 5.11 Å². The molecule has 0 aliphatic heterocycles. The summed E-state index contributed by atoms with van der Waals surface area (Å²) in [6, 6.07) is 0. The van der Waals surface area contributed by atoms with Gasteiger partial charge in [0.2, 0.25) is 0 Å². The number of hydrogen-bond donors (Lipinski definition) is 2. The Morgan fingerprint density at radius 2 is 1.29 bits per heavy atom. The van der Waals surface area contributed by atoms with E-state index in [0.717, 1.165) is 6.42 Å². The van der Waals surface area contributed by atoms with E-state index >= 15 is 0 Å². The molecule has 0 saturated heterocycles. The van der Waals surface area contributed by atoms with E-state index in [1.807, 2.05) is 0 Å². The second-order valence-electron chi connectivity index (χ2n) is 6.92. The van der Waals surface area contributed by atoms with Gasteiger partial charge in [-0.05, 0) is 20.3 Å². The van der Waals surface area contributed by atoms with Crippen molar-refractivity contribution in [3.8, 4) is 0 Å². The molecule has 0 radical (unpaired) electrons. The molecule has 0 atom stereocenters. The Balaban J connectivity index is 3.29. The van der Waals surface area contributed by atoms with Crippen molar-refractivity contribution in [1.82, 2.24) is 5.32 Å². The Hall–Kier alpha value is -0.570. The molecule has 21 heavy (non-hydrogen) atoms. The summed E-state index contributed by atoms with van der Waals surface area (Å²) in [4.78, 5) is 10.5. The Bertz CT molecular complexity index is 252. The van der Waals surface area contributed by atoms with Crippen LogP contribution < -0.4 is 5.32 Å². The number of hydrogen-bond acceptors (Lipinski definition) is 2. The second kappa shape index (κ2) is 13.1. The average molecular weight is 299 g/mol. The molecule has 0 bridgehead atoms. The maximum atomic E-state index is 10.5. The Morgan fingerprint density at radius 1 is 0.857 bits per heavy atom. The molecule has 3 heteroatoms. The molecule has 0 unspecified atom stereocenters. The summed E-state index contributed by atoms with van der Waals surface area (Å²) in [5.41, 5.74) is -0.0579. The Morgan fingerprint density at radius 3 is 1.71 bits per heavy atom. The van der Waals surface area contributed by atoms with Gasteiger partial charge >= 0.3 is 5.97 Å². The van der Waals surface area contributed by atoms with Crippen LogP contribution in [0.25, 0.3) is 0 Å². The number of aliphatic carboxylic acids is 1. The third-order valence-corrected chi connectivity index (χ3v) is 4.12. The van der Waals surface area contributed by atoms with Crippen LogP contribution in [0.2, 0.25) is 0 Å². The zero-order chi connectivity index (χ0) is 16.0. The van der Waals surface area contributed by atoms with Gasteiger partial charge < -0.3 is 10.4 Å². The highest BCUT2D eigenvalue weighted by Gasteiger charge is 2.17. The molecule has 0 aromatic carbocycles. The normalized spacial score (nSPS) is 11.8. The predicted molar refractivity (Wildman–Crippen MR) is 90.8 cm³/mol. The van der Waals surface area contributed by atoms with E-state index in [1.165, 1.54) is 70.6 Å². The zero-order valence-corrected chi connectivity index (χ0v) is 14.5. The smallest absolute Gasteiger partial charge is 0.317 e. The number of carboxylic acids is 1. The highest BCUT2D eigenvalue weighted by molar-refractivity contribution is 5.69. The third kappa shape index (κ3) is 15.6. The van der Waals surface area contributed by atoms with Gasteiger partial charge in [-0.15, -0.1) is 0 Å². The number of rotatable bonds is 15. The van der Waals surface area contributed by atoms with Crippen LogP contribution in [-0.4, -0.2) is 23.2 Å². The van der Waals surface area contributed by atoms with Crippen molar-refractivity contribution in [3.63, 3.8) is 0 Å². The Kier molecular flexibility index (Phi) is 12.8. The molecule has 3 nitrogen and oxygen atoms in total. The zero-order valence-electron chi connectivity index (χ0n) is 14.5. The van der Waals surface area contributed by atoms with Crippen molar-refractivity contribution in [2.45, 2.75) is 103 Å². The summed E-state index contributed by atoms with van der Waals surface area (Å²) in [6.07, 6.45) is 15.9. The lowest BCUT2D eigenvalue weighted by atomic mass is 9.96. The molecule has 0 saturated carbocycles. The van der Waals surface area contributed by atoms with Crippen LogP contribution in [0.5, 0.6) is 0 Å². The lowest BCUT2D eigenvalue weighted by Gasteiger charge is -2.25. The van der Waals surface area contributed by atoms with E-state index in [9.17, 15) is 4.79 Å². The third-order valence-electron chi connectivity index (χ3n) is 4.12. The van der Waals surface area contributed by atoms with Gasteiger partial charge in [0.1, 0.15) is 0 Å². The van der Waals surface area contributed by atoms with Crippen LogP contribution in [0.4, 0.5) is 0 Å². The van der Waals surface area contributed by atoms with Crippen molar-refractivity contribution < 1.29 is 9.90 Å². The maximum absolute atomic E-state index is 10.5. The summed E-state index contributed by atoms with van der Waals surface area (Å²) in [6.45, 7) is 6.50. The highest BCUT2D eigenvalue weighted by Crippen LogP contribution is 2.16. The second-order valence-corrected chi connectivity index (χ2v) is 6.92. The first kappa shape index (κ1) is 20.4. The van der Waals surface area contributed by atoms with Gasteiger partial charge in [0.25, 0.3) is 0 Å². The fourth-order valence-corrected chi connectivity index (χ4v) is 2.63. The van der Waals surface area contributed by atoms with Crippen LogP contribution in [-0.2, 0) is 4.79 Å². The van der Waals surface area contributed by atoms with Gasteiger partial charge in [0.05, 0.1) is 6.54 Å². The lowest BCUT2D eigenvalue weighted by Crippen LogP contribution is -2.42. The van der Waals surface area contributed by atoms with Gasteiger partial charge in [-0.1, -0.05) is 77.6 Å². The number of carboxylic acid groups (broad SMARTS) is 1. The minimum atomic E-state index is -0.776. The van der Waals surface area contributed by atoms with Crippen molar-refractivity contribution in [1.29, 1.82) is 0 Å². The predicted octanol–water partition coefficient (Wildman–Crippen LogP) is 5.14. The van der Waals surface area contributed by atoms with Crippen molar-refractivity contribution >= 4 is 5.97 Å². The molecular formula is C18H37NO2. The van der Waals surface area contributed by atoms with Crippen LogP contribution in [0, 0.1) is 0 Å². The first-order valence-corrected chi connectivity index (χ1v) is 8.95. The van der Waals surface area contributed by atoms with Gasteiger partial charge in [-0.25, -0.2) is 0 Å². The van der Waals surface area contributed by atoms with E-state index in [2.05, 4.69) is 26.1 Å². The van der Waals surface area contributed by atoms with Gasteiger partial charge in [-0.2, -0.15) is 0 Å². The van der Waals surface area contributed by atoms with Gasteiger partial charge in [0, 0.05) is 5.54 Å². The molecule has 0 aliphatic carbocycles. The quantitative estimate of drug-likeness (QED) is 0.412. The molecule has 0 aromatic heterocycles. The Labute approximate surface area is 131 Å². The first-order chi connectivity index (χ1) is 9.98. The van der Waals surface area contributed by atoms with E-state index < -0.39 is 5.97 Å². The van der Waals surface area contributed by atoms with Crippen LogP contribution >= 0.6 is 0 Å². The van der Waals surface area contributed by atoms with E-state index in [1.54, 1.807) is 0 Å². The molecule has 0 aliphatic rings. The largest absolute Gasteiger partial charge is 0.480 e. The molecule has 0 rings (SSSR count). The molecule has 0 heterocycles. The minimum absolute atomic E-state index is 0.0579.